The molecule has 1 saturated heterocycles. The van der Waals surface area contributed by atoms with E-state index in [1.165, 1.54) is 12.1 Å². The van der Waals surface area contributed by atoms with E-state index in [0.717, 1.165) is 5.56 Å². The van der Waals surface area contributed by atoms with Gasteiger partial charge < -0.3 is 9.84 Å². The van der Waals surface area contributed by atoms with Crippen LogP contribution < -0.4 is 4.74 Å². The molecule has 106 valence electrons. The molecule has 1 aromatic carbocycles. The Hall–Kier alpha value is -2.41. The monoisotopic (exact) mass is 279 g/mol. The lowest BCUT2D eigenvalue weighted by Crippen LogP contribution is -2.33. The molecular weight excluding hydrogens is 266 g/mol. The van der Waals surface area contributed by atoms with Crippen LogP contribution >= 0.6 is 0 Å². The minimum Gasteiger partial charge on any atom is -0.396 e. The van der Waals surface area contributed by atoms with Crippen molar-refractivity contribution in [2.75, 3.05) is 6.61 Å². The maximum Gasteiger partial charge on any atom is 0.539 e. The normalized spacial score (nSPS) is 14.6. The Balaban J connectivity index is 1.91. The number of hydroxylamine groups is 2. The van der Waals surface area contributed by atoms with Crippen LogP contribution in [0.15, 0.2) is 24.3 Å². The quantitative estimate of drug-likeness (QED) is 0.498. The number of hydrogen-bond donors (Lipinski definition) is 1. The predicted molar refractivity (Wildman–Crippen MR) is 65.4 cm³/mol. The largest absolute Gasteiger partial charge is 0.539 e. The Bertz CT molecular complexity index is 508. The average Bonchev–Trinajstić information content (AvgIpc) is 2.73. The second-order valence-corrected chi connectivity index (χ2v) is 4.14. The molecule has 1 aliphatic heterocycles. The van der Waals surface area contributed by atoms with Gasteiger partial charge in [-0.05, 0) is 24.1 Å². The highest BCUT2D eigenvalue weighted by Crippen LogP contribution is 2.16. The Morgan fingerprint density at radius 3 is 2.30 bits per heavy atom. The van der Waals surface area contributed by atoms with Crippen LogP contribution in [0, 0.1) is 0 Å². The maximum absolute atomic E-state index is 11.4. The van der Waals surface area contributed by atoms with Crippen LogP contribution in [0.5, 0.6) is 5.75 Å². The summed E-state index contributed by atoms with van der Waals surface area (Å²) in [5.41, 5.74) is 0.887. The van der Waals surface area contributed by atoms with Gasteiger partial charge >= 0.3 is 6.16 Å². The van der Waals surface area contributed by atoms with Crippen molar-refractivity contribution in [2.45, 2.75) is 19.3 Å². The van der Waals surface area contributed by atoms with Crippen molar-refractivity contribution in [2.24, 2.45) is 0 Å². The van der Waals surface area contributed by atoms with Gasteiger partial charge in [-0.2, -0.15) is 0 Å². The second-order valence-electron chi connectivity index (χ2n) is 4.14. The first kappa shape index (κ1) is 14.0. The van der Waals surface area contributed by atoms with Crippen LogP contribution in [0.1, 0.15) is 18.4 Å². The molecule has 7 nitrogen and oxygen atoms in total. The van der Waals surface area contributed by atoms with E-state index in [0.29, 0.717) is 11.5 Å². The van der Waals surface area contributed by atoms with Gasteiger partial charge in [-0.15, -0.1) is 0 Å². The van der Waals surface area contributed by atoms with Crippen LogP contribution in [0.25, 0.3) is 0 Å². The molecule has 1 N–H and O–H groups in total. The van der Waals surface area contributed by atoms with Crippen LogP contribution in [0.4, 0.5) is 4.79 Å². The molecule has 0 bridgehead atoms. The van der Waals surface area contributed by atoms with E-state index in [4.69, 9.17) is 9.84 Å². The summed E-state index contributed by atoms with van der Waals surface area (Å²) >= 11 is 0. The third-order valence-electron chi connectivity index (χ3n) is 2.70. The number of hydrogen-bond acceptors (Lipinski definition) is 6. The number of rotatable bonds is 4. The Morgan fingerprint density at radius 2 is 1.75 bits per heavy atom. The highest BCUT2D eigenvalue weighted by molar-refractivity contribution is 6.01. The minimum absolute atomic E-state index is 0.0292. The van der Waals surface area contributed by atoms with Gasteiger partial charge in [0.15, 0.2) is 0 Å². The first-order valence-electron chi connectivity index (χ1n) is 6.05. The molecule has 0 aromatic heterocycles. The number of ether oxygens (including phenoxy) is 1. The third-order valence-corrected chi connectivity index (χ3v) is 2.70. The lowest BCUT2D eigenvalue weighted by atomic mass is 10.1. The summed E-state index contributed by atoms with van der Waals surface area (Å²) in [5, 5.41) is 9.19. The van der Waals surface area contributed by atoms with E-state index in [-0.39, 0.29) is 25.2 Å². The zero-order valence-electron chi connectivity index (χ0n) is 10.6. The van der Waals surface area contributed by atoms with E-state index in [9.17, 15) is 14.4 Å². The molecule has 0 spiro atoms. The van der Waals surface area contributed by atoms with Gasteiger partial charge in [-0.3, -0.25) is 14.4 Å². The van der Waals surface area contributed by atoms with Crippen LogP contribution in [-0.2, 0) is 20.8 Å². The molecule has 7 heteroatoms. The number of aliphatic hydroxyl groups is 1. The van der Waals surface area contributed by atoms with Crippen molar-refractivity contribution >= 4 is 18.0 Å². The molecule has 0 radical (unpaired) electrons. The van der Waals surface area contributed by atoms with E-state index < -0.39 is 18.0 Å². The molecule has 2 rings (SSSR count). The summed E-state index contributed by atoms with van der Waals surface area (Å²) in [6.07, 6.45) is -0.589. The molecule has 2 amide bonds. The van der Waals surface area contributed by atoms with E-state index in [1.54, 1.807) is 12.1 Å². The van der Waals surface area contributed by atoms with Crippen molar-refractivity contribution in [1.29, 1.82) is 0 Å². The van der Waals surface area contributed by atoms with Crippen LogP contribution in [-0.4, -0.2) is 34.7 Å². The predicted octanol–water partition coefficient (Wildman–Crippen LogP) is 0.801. The average molecular weight is 279 g/mol. The Kier molecular flexibility index (Phi) is 4.31. The van der Waals surface area contributed by atoms with Gasteiger partial charge in [0, 0.05) is 19.4 Å². The van der Waals surface area contributed by atoms with E-state index >= 15 is 0 Å². The Morgan fingerprint density at radius 1 is 1.15 bits per heavy atom. The number of benzene rings is 1. The fourth-order valence-corrected chi connectivity index (χ4v) is 1.70. The smallest absolute Gasteiger partial charge is 0.396 e. The van der Waals surface area contributed by atoms with Crippen molar-refractivity contribution < 1.29 is 29.1 Å². The van der Waals surface area contributed by atoms with Crippen LogP contribution in [0.3, 0.4) is 0 Å². The minimum atomic E-state index is -1.15. The molecule has 1 fully saturated rings. The molecule has 0 aliphatic carbocycles. The number of amides is 2. The molecule has 1 aromatic rings. The van der Waals surface area contributed by atoms with Crippen molar-refractivity contribution in [3.63, 3.8) is 0 Å². The van der Waals surface area contributed by atoms with Gasteiger partial charge in [-0.25, -0.2) is 4.79 Å². The lowest BCUT2D eigenvalue weighted by molar-refractivity contribution is -0.174. The second kappa shape index (κ2) is 6.16. The molecule has 1 aliphatic rings. The molecule has 0 unspecified atom stereocenters. The summed E-state index contributed by atoms with van der Waals surface area (Å²) in [4.78, 5) is 38.5. The first-order valence-corrected chi connectivity index (χ1v) is 6.05. The molecule has 1 heterocycles. The zero-order chi connectivity index (χ0) is 14.5. The fourth-order valence-electron chi connectivity index (χ4n) is 1.70. The van der Waals surface area contributed by atoms with Gasteiger partial charge in [-0.1, -0.05) is 17.2 Å². The molecule has 20 heavy (non-hydrogen) atoms. The number of aliphatic hydroxyl groups excluding tert-OH is 1. The Labute approximate surface area is 114 Å². The summed E-state index contributed by atoms with van der Waals surface area (Å²) in [5.74, 6) is -0.911. The maximum atomic E-state index is 11.4. The summed E-state index contributed by atoms with van der Waals surface area (Å²) in [7, 11) is 0. The third kappa shape index (κ3) is 3.33. The SMILES string of the molecule is O=C(Oc1ccc(CCO)cc1)ON1C(=O)CCC1=O. The highest BCUT2D eigenvalue weighted by atomic mass is 16.8. The molecule has 0 atom stereocenters. The van der Waals surface area contributed by atoms with Crippen LogP contribution in [0.2, 0.25) is 0 Å². The van der Waals surface area contributed by atoms with E-state index in [1.807, 2.05) is 0 Å². The van der Waals surface area contributed by atoms with E-state index in [2.05, 4.69) is 4.84 Å². The highest BCUT2D eigenvalue weighted by Gasteiger charge is 2.33. The van der Waals surface area contributed by atoms with Gasteiger partial charge in [0.1, 0.15) is 5.75 Å². The van der Waals surface area contributed by atoms with Crippen molar-refractivity contribution in [3.8, 4) is 5.75 Å². The van der Waals surface area contributed by atoms with Gasteiger partial charge in [0.05, 0.1) is 0 Å². The van der Waals surface area contributed by atoms with Crippen molar-refractivity contribution in [3.05, 3.63) is 29.8 Å². The lowest BCUT2D eigenvalue weighted by Gasteiger charge is -2.12. The number of imide groups is 1. The molecule has 0 saturated carbocycles. The summed E-state index contributed by atoms with van der Waals surface area (Å²) in [6, 6.07) is 6.43. The van der Waals surface area contributed by atoms with Crippen molar-refractivity contribution in [1.82, 2.24) is 5.06 Å². The topological polar surface area (TPSA) is 93.1 Å². The summed E-state index contributed by atoms with van der Waals surface area (Å²) < 4.78 is 4.84. The zero-order valence-corrected chi connectivity index (χ0v) is 10.6. The van der Waals surface area contributed by atoms with Gasteiger partial charge in [0.25, 0.3) is 11.8 Å². The summed E-state index contributed by atoms with van der Waals surface area (Å²) in [6.45, 7) is 0.0292. The number of carbonyl (C=O) groups is 3. The molecular formula is C13H13NO6. The number of carbonyl (C=O) groups excluding carboxylic acids is 3. The standard InChI is InChI=1S/C13H13NO6/c15-8-7-9-1-3-10(4-2-9)19-13(18)20-14-11(16)5-6-12(14)17/h1-4,15H,5-8H2. The van der Waals surface area contributed by atoms with Gasteiger partial charge in [0.2, 0.25) is 0 Å². The number of nitrogens with zero attached hydrogens (tertiary/aromatic N) is 1. The fraction of sp³-hybridized carbons (Fsp3) is 0.308. The first-order chi connectivity index (χ1) is 9.60.